The molecule has 24 heavy (non-hydrogen) atoms. The highest BCUT2D eigenvalue weighted by atomic mass is 32.2. The maximum atomic E-state index is 12.1. The Balaban J connectivity index is 1.69. The summed E-state index contributed by atoms with van der Waals surface area (Å²) in [7, 11) is 0. The van der Waals surface area contributed by atoms with Gasteiger partial charge in [-0.05, 0) is 43.5 Å². The molecule has 0 saturated heterocycles. The van der Waals surface area contributed by atoms with Gasteiger partial charge in [-0.1, -0.05) is 42.5 Å². The molecule has 1 N–H and O–H groups in total. The van der Waals surface area contributed by atoms with E-state index in [1.807, 2.05) is 62.0 Å². The quantitative estimate of drug-likeness (QED) is 0.733. The summed E-state index contributed by atoms with van der Waals surface area (Å²) < 4.78 is 5.80. The van der Waals surface area contributed by atoms with Crippen molar-refractivity contribution in [2.75, 3.05) is 12.3 Å². The van der Waals surface area contributed by atoms with Crippen LogP contribution in [0.15, 0.2) is 48.5 Å². The van der Waals surface area contributed by atoms with Gasteiger partial charge in [-0.2, -0.15) is 11.8 Å². The van der Waals surface area contributed by atoms with E-state index in [1.54, 1.807) is 6.92 Å². The molecular weight excluding hydrogens is 318 g/mol. The van der Waals surface area contributed by atoms with E-state index in [0.717, 1.165) is 28.4 Å². The first-order chi connectivity index (χ1) is 11.6. The smallest absolute Gasteiger partial charge is 0.260 e. The van der Waals surface area contributed by atoms with E-state index < -0.39 is 6.10 Å². The first kappa shape index (κ1) is 18.4. The zero-order valence-corrected chi connectivity index (χ0v) is 15.4. The summed E-state index contributed by atoms with van der Waals surface area (Å²) in [6, 6.07) is 16.4. The van der Waals surface area contributed by atoms with Crippen LogP contribution in [0.5, 0.6) is 5.75 Å². The second-order valence-corrected chi connectivity index (χ2v) is 6.96. The minimum absolute atomic E-state index is 0.0729. The summed E-state index contributed by atoms with van der Waals surface area (Å²) in [5, 5.41) is 2.94. The normalized spacial score (nSPS) is 11.8. The number of amides is 1. The van der Waals surface area contributed by atoms with Gasteiger partial charge in [0.15, 0.2) is 6.10 Å². The second-order valence-electron chi connectivity index (χ2n) is 5.86. The van der Waals surface area contributed by atoms with Crippen LogP contribution in [0, 0.1) is 13.8 Å². The van der Waals surface area contributed by atoms with Crippen molar-refractivity contribution in [1.82, 2.24) is 5.32 Å². The van der Waals surface area contributed by atoms with Crippen LogP contribution >= 0.6 is 11.8 Å². The SMILES string of the molecule is Cc1ccc(C)c(O[C@H](C)C(=O)NCCSCc2ccccc2)c1. The van der Waals surface area contributed by atoms with E-state index in [2.05, 4.69) is 17.4 Å². The molecule has 2 aromatic rings. The van der Waals surface area contributed by atoms with Gasteiger partial charge >= 0.3 is 0 Å². The van der Waals surface area contributed by atoms with Gasteiger partial charge in [0, 0.05) is 18.1 Å². The molecule has 1 atom stereocenters. The fraction of sp³-hybridized carbons (Fsp3) is 0.350. The van der Waals surface area contributed by atoms with E-state index in [9.17, 15) is 4.79 Å². The number of ether oxygens (including phenoxy) is 1. The number of carbonyl (C=O) groups is 1. The zero-order chi connectivity index (χ0) is 17.4. The summed E-state index contributed by atoms with van der Waals surface area (Å²) in [5.41, 5.74) is 3.47. The third-order valence-corrected chi connectivity index (χ3v) is 4.70. The van der Waals surface area contributed by atoms with E-state index in [4.69, 9.17) is 4.74 Å². The van der Waals surface area contributed by atoms with E-state index >= 15 is 0 Å². The van der Waals surface area contributed by atoms with Crippen LogP contribution in [-0.4, -0.2) is 24.3 Å². The molecule has 0 unspecified atom stereocenters. The lowest BCUT2D eigenvalue weighted by molar-refractivity contribution is -0.127. The van der Waals surface area contributed by atoms with Gasteiger partial charge in [0.2, 0.25) is 0 Å². The molecular formula is C20H25NO2S. The number of hydrogen-bond donors (Lipinski definition) is 1. The maximum Gasteiger partial charge on any atom is 0.260 e. The lowest BCUT2D eigenvalue weighted by Gasteiger charge is -2.16. The molecule has 128 valence electrons. The summed E-state index contributed by atoms with van der Waals surface area (Å²) in [6.07, 6.45) is -0.496. The van der Waals surface area contributed by atoms with E-state index in [0.29, 0.717) is 6.54 Å². The van der Waals surface area contributed by atoms with Gasteiger partial charge in [-0.3, -0.25) is 4.79 Å². The first-order valence-corrected chi connectivity index (χ1v) is 9.35. The molecule has 4 heteroatoms. The zero-order valence-electron chi connectivity index (χ0n) is 14.5. The molecule has 2 rings (SSSR count). The van der Waals surface area contributed by atoms with Gasteiger partial charge in [-0.15, -0.1) is 0 Å². The molecule has 2 aromatic carbocycles. The van der Waals surface area contributed by atoms with Crippen molar-refractivity contribution in [1.29, 1.82) is 0 Å². The fourth-order valence-electron chi connectivity index (χ4n) is 2.23. The number of aryl methyl sites for hydroxylation is 2. The van der Waals surface area contributed by atoms with Crippen LogP contribution in [0.4, 0.5) is 0 Å². The minimum atomic E-state index is -0.496. The standard InChI is InChI=1S/C20H25NO2S/c1-15-9-10-16(2)19(13-15)23-17(3)20(22)21-11-12-24-14-18-7-5-4-6-8-18/h4-10,13,17H,11-12,14H2,1-3H3,(H,21,22)/t17-/m1/s1. The van der Waals surface area contributed by atoms with Gasteiger partial charge < -0.3 is 10.1 Å². The number of hydrogen-bond acceptors (Lipinski definition) is 3. The minimum Gasteiger partial charge on any atom is -0.481 e. The second kappa shape index (κ2) is 9.38. The lowest BCUT2D eigenvalue weighted by atomic mass is 10.1. The Morgan fingerprint density at radius 2 is 1.92 bits per heavy atom. The number of carbonyl (C=O) groups excluding carboxylic acids is 1. The van der Waals surface area contributed by atoms with Gasteiger partial charge in [-0.25, -0.2) is 0 Å². The van der Waals surface area contributed by atoms with Crippen molar-refractivity contribution in [2.45, 2.75) is 32.6 Å². The lowest BCUT2D eigenvalue weighted by Crippen LogP contribution is -2.37. The largest absolute Gasteiger partial charge is 0.481 e. The van der Waals surface area contributed by atoms with Gasteiger partial charge in [0.25, 0.3) is 5.91 Å². The van der Waals surface area contributed by atoms with Crippen LogP contribution in [0.25, 0.3) is 0 Å². The monoisotopic (exact) mass is 343 g/mol. The van der Waals surface area contributed by atoms with Crippen LogP contribution < -0.4 is 10.1 Å². The fourth-order valence-corrected chi connectivity index (χ4v) is 3.05. The molecule has 3 nitrogen and oxygen atoms in total. The van der Waals surface area contributed by atoms with Gasteiger partial charge in [0.1, 0.15) is 5.75 Å². The molecule has 0 aliphatic carbocycles. The summed E-state index contributed by atoms with van der Waals surface area (Å²) >= 11 is 1.81. The Hall–Kier alpha value is -1.94. The molecule has 0 heterocycles. The Morgan fingerprint density at radius 1 is 1.17 bits per heavy atom. The number of benzene rings is 2. The number of rotatable bonds is 8. The molecule has 0 aliphatic heterocycles. The Morgan fingerprint density at radius 3 is 2.67 bits per heavy atom. The Kier molecular flexibility index (Phi) is 7.19. The third-order valence-electron chi connectivity index (χ3n) is 3.67. The van der Waals surface area contributed by atoms with Crippen LogP contribution in [-0.2, 0) is 10.5 Å². The maximum absolute atomic E-state index is 12.1. The molecule has 0 spiro atoms. The third kappa shape index (κ3) is 5.93. The average Bonchev–Trinajstić information content (AvgIpc) is 2.58. The van der Waals surface area contributed by atoms with Crippen LogP contribution in [0.1, 0.15) is 23.6 Å². The molecule has 1 amide bonds. The predicted octanol–water partition coefficient (Wildman–Crippen LogP) is 4.12. The number of nitrogens with one attached hydrogen (secondary N) is 1. The Labute approximate surface area is 148 Å². The van der Waals surface area contributed by atoms with Crippen molar-refractivity contribution < 1.29 is 9.53 Å². The van der Waals surface area contributed by atoms with Crippen molar-refractivity contribution in [3.63, 3.8) is 0 Å². The van der Waals surface area contributed by atoms with Gasteiger partial charge in [0.05, 0.1) is 0 Å². The summed E-state index contributed by atoms with van der Waals surface area (Å²) in [4.78, 5) is 12.1. The van der Waals surface area contributed by atoms with E-state index in [1.165, 1.54) is 5.56 Å². The summed E-state index contributed by atoms with van der Waals surface area (Å²) in [6.45, 7) is 6.44. The van der Waals surface area contributed by atoms with Crippen LogP contribution in [0.3, 0.4) is 0 Å². The summed E-state index contributed by atoms with van der Waals surface area (Å²) in [5.74, 6) is 2.55. The van der Waals surface area contributed by atoms with Crippen molar-refractivity contribution in [3.05, 3.63) is 65.2 Å². The molecule has 0 aromatic heterocycles. The van der Waals surface area contributed by atoms with Crippen molar-refractivity contribution in [2.24, 2.45) is 0 Å². The average molecular weight is 343 g/mol. The molecule has 0 radical (unpaired) electrons. The van der Waals surface area contributed by atoms with Crippen molar-refractivity contribution in [3.8, 4) is 5.75 Å². The molecule has 0 bridgehead atoms. The number of thioether (sulfide) groups is 1. The van der Waals surface area contributed by atoms with E-state index in [-0.39, 0.29) is 5.91 Å². The van der Waals surface area contributed by atoms with Crippen LogP contribution in [0.2, 0.25) is 0 Å². The first-order valence-electron chi connectivity index (χ1n) is 8.19. The molecule has 0 saturated carbocycles. The molecule has 0 fully saturated rings. The topological polar surface area (TPSA) is 38.3 Å². The molecule has 0 aliphatic rings. The van der Waals surface area contributed by atoms with Crippen molar-refractivity contribution >= 4 is 17.7 Å². The highest BCUT2D eigenvalue weighted by Crippen LogP contribution is 2.20. The highest BCUT2D eigenvalue weighted by molar-refractivity contribution is 7.98. The Bertz CT molecular complexity index is 658. The predicted molar refractivity (Wildman–Crippen MR) is 102 cm³/mol. The highest BCUT2D eigenvalue weighted by Gasteiger charge is 2.15.